The Morgan fingerprint density at radius 3 is 1.90 bits per heavy atom. The summed E-state index contributed by atoms with van der Waals surface area (Å²) in [7, 11) is 0. The fraction of sp³-hybridized carbons (Fsp3) is 0.0222. The molecule has 0 saturated heterocycles. The van der Waals surface area contributed by atoms with Crippen LogP contribution in [0.2, 0.25) is 0 Å². The average Bonchev–Trinajstić information content (AvgIpc) is 3.85. The molecule has 1 aliphatic heterocycles. The van der Waals surface area contributed by atoms with Crippen LogP contribution in [-0.4, -0.2) is 0 Å². The van der Waals surface area contributed by atoms with E-state index in [9.17, 15) is 0 Å². The SMILES string of the molecule is c1ccc2c(c1)Oc1cc(-c3ccc(-c4cccc5oc6cc7ccccc7cc6c45)s3)ccc1C21c2ccccc2-c2ccccc21. The van der Waals surface area contributed by atoms with Gasteiger partial charge in [-0.05, 0) is 81.1 Å². The van der Waals surface area contributed by atoms with Crippen molar-refractivity contribution in [2.24, 2.45) is 0 Å². The number of hydrogen-bond acceptors (Lipinski definition) is 3. The Labute approximate surface area is 281 Å². The molecule has 0 unspecified atom stereocenters. The fourth-order valence-electron chi connectivity index (χ4n) is 8.37. The van der Waals surface area contributed by atoms with E-state index < -0.39 is 5.41 Å². The van der Waals surface area contributed by atoms with Crippen molar-refractivity contribution >= 4 is 44.0 Å². The Hall–Kier alpha value is -5.90. The Balaban J connectivity index is 1.08. The van der Waals surface area contributed by atoms with Crippen molar-refractivity contribution in [2.45, 2.75) is 5.41 Å². The molecular weight excluding hydrogens is 605 g/mol. The van der Waals surface area contributed by atoms with Gasteiger partial charge in [0, 0.05) is 37.2 Å². The van der Waals surface area contributed by atoms with E-state index in [2.05, 4.69) is 158 Å². The maximum Gasteiger partial charge on any atom is 0.136 e. The Morgan fingerprint density at radius 1 is 0.438 bits per heavy atom. The van der Waals surface area contributed by atoms with Crippen LogP contribution in [0.25, 0.3) is 64.7 Å². The number of fused-ring (bicyclic) bond motifs is 13. The van der Waals surface area contributed by atoms with E-state index in [1.165, 1.54) is 59.5 Å². The van der Waals surface area contributed by atoms with Crippen LogP contribution in [-0.2, 0) is 5.41 Å². The second-order valence-electron chi connectivity index (χ2n) is 12.8. The molecule has 0 radical (unpaired) electrons. The van der Waals surface area contributed by atoms with Crippen LogP contribution in [0.5, 0.6) is 11.5 Å². The fourth-order valence-corrected chi connectivity index (χ4v) is 9.40. The number of furan rings is 1. The number of hydrogen-bond donors (Lipinski definition) is 0. The standard InChI is InChI=1S/C45H26O2S/c1-2-11-28-25-40-33(24-27(28)10-1)44-32(14-9-19-39(44)47-40)43-23-22-42(48-43)29-20-21-37-41(26-29)46-38-18-8-7-17-36(38)45(37)34-15-5-3-12-30(34)31-13-4-6-16-35(31)45/h1-26H. The molecule has 3 heterocycles. The van der Waals surface area contributed by atoms with Gasteiger partial charge in [-0.1, -0.05) is 115 Å². The molecule has 0 bridgehead atoms. The molecule has 2 aliphatic rings. The highest BCUT2D eigenvalue weighted by molar-refractivity contribution is 7.19. The molecule has 0 atom stereocenters. The molecule has 0 amide bonds. The maximum absolute atomic E-state index is 6.77. The van der Waals surface area contributed by atoms with E-state index in [-0.39, 0.29) is 0 Å². The number of thiophene rings is 1. The summed E-state index contributed by atoms with van der Waals surface area (Å²) in [5.41, 5.74) is 11.3. The van der Waals surface area contributed by atoms with Crippen LogP contribution in [0.4, 0.5) is 0 Å². The van der Waals surface area contributed by atoms with Crippen molar-refractivity contribution in [3.8, 4) is 43.5 Å². The van der Waals surface area contributed by atoms with Crippen LogP contribution in [0.1, 0.15) is 22.3 Å². The topological polar surface area (TPSA) is 22.4 Å². The summed E-state index contributed by atoms with van der Waals surface area (Å²) in [6.45, 7) is 0. The van der Waals surface area contributed by atoms with Gasteiger partial charge in [0.1, 0.15) is 22.7 Å². The number of para-hydroxylation sites is 1. The largest absolute Gasteiger partial charge is 0.457 e. The smallest absolute Gasteiger partial charge is 0.136 e. The second-order valence-corrected chi connectivity index (χ2v) is 13.9. The van der Waals surface area contributed by atoms with Crippen LogP contribution in [0.15, 0.2) is 162 Å². The summed E-state index contributed by atoms with van der Waals surface area (Å²) in [5, 5.41) is 4.72. The minimum absolute atomic E-state index is 0.446. The zero-order valence-electron chi connectivity index (χ0n) is 25.7. The summed E-state index contributed by atoms with van der Waals surface area (Å²) in [6, 6.07) is 56.9. The summed E-state index contributed by atoms with van der Waals surface area (Å²) in [6.07, 6.45) is 0. The van der Waals surface area contributed by atoms with Crippen molar-refractivity contribution in [3.05, 3.63) is 180 Å². The highest BCUT2D eigenvalue weighted by Gasteiger charge is 2.50. The van der Waals surface area contributed by atoms with Gasteiger partial charge in [0.15, 0.2) is 0 Å². The highest BCUT2D eigenvalue weighted by atomic mass is 32.1. The predicted molar refractivity (Wildman–Crippen MR) is 197 cm³/mol. The van der Waals surface area contributed by atoms with Gasteiger partial charge < -0.3 is 9.15 Å². The van der Waals surface area contributed by atoms with E-state index in [4.69, 9.17) is 9.15 Å². The summed E-state index contributed by atoms with van der Waals surface area (Å²) < 4.78 is 13.2. The number of benzene rings is 7. The predicted octanol–water partition coefficient (Wildman–Crippen LogP) is 12.6. The Bertz CT molecular complexity index is 2730. The average molecular weight is 631 g/mol. The third-order valence-electron chi connectivity index (χ3n) is 10.4. The van der Waals surface area contributed by atoms with Gasteiger partial charge in [0.2, 0.25) is 0 Å². The quantitative estimate of drug-likeness (QED) is 0.190. The molecule has 224 valence electrons. The molecule has 1 aliphatic carbocycles. The molecule has 0 fully saturated rings. The van der Waals surface area contributed by atoms with Crippen molar-refractivity contribution in [2.75, 3.05) is 0 Å². The summed E-state index contributed by atoms with van der Waals surface area (Å²) >= 11 is 1.81. The van der Waals surface area contributed by atoms with Gasteiger partial charge in [-0.3, -0.25) is 0 Å². The molecule has 2 aromatic heterocycles. The molecule has 0 saturated carbocycles. The molecule has 7 aromatic carbocycles. The molecule has 11 rings (SSSR count). The van der Waals surface area contributed by atoms with Gasteiger partial charge in [0.25, 0.3) is 0 Å². The van der Waals surface area contributed by atoms with Crippen molar-refractivity contribution in [1.29, 1.82) is 0 Å². The molecule has 2 nitrogen and oxygen atoms in total. The molecule has 1 spiro atoms. The van der Waals surface area contributed by atoms with Crippen LogP contribution in [0.3, 0.4) is 0 Å². The minimum Gasteiger partial charge on any atom is -0.457 e. The monoisotopic (exact) mass is 630 g/mol. The van der Waals surface area contributed by atoms with E-state index in [1.807, 2.05) is 11.3 Å². The normalized spacial score (nSPS) is 13.8. The lowest BCUT2D eigenvalue weighted by molar-refractivity contribution is 0.436. The van der Waals surface area contributed by atoms with Crippen LogP contribution < -0.4 is 4.74 Å². The van der Waals surface area contributed by atoms with E-state index in [0.29, 0.717) is 0 Å². The van der Waals surface area contributed by atoms with E-state index in [1.54, 1.807) is 0 Å². The third-order valence-corrected chi connectivity index (χ3v) is 11.5. The molecule has 48 heavy (non-hydrogen) atoms. The summed E-state index contributed by atoms with van der Waals surface area (Å²) in [5.74, 6) is 1.81. The first kappa shape index (κ1) is 26.2. The number of ether oxygens (including phenoxy) is 1. The molecule has 9 aromatic rings. The van der Waals surface area contributed by atoms with E-state index in [0.717, 1.165) is 39.0 Å². The van der Waals surface area contributed by atoms with Gasteiger partial charge in [-0.15, -0.1) is 11.3 Å². The lowest BCUT2D eigenvalue weighted by Gasteiger charge is -2.39. The minimum atomic E-state index is -0.446. The molecular formula is C45H26O2S. The first-order valence-electron chi connectivity index (χ1n) is 16.3. The number of rotatable bonds is 2. The maximum atomic E-state index is 6.77. The Morgan fingerprint density at radius 2 is 1.08 bits per heavy atom. The third kappa shape index (κ3) is 3.41. The first-order valence-corrected chi connectivity index (χ1v) is 17.1. The van der Waals surface area contributed by atoms with Crippen molar-refractivity contribution < 1.29 is 9.15 Å². The zero-order valence-corrected chi connectivity index (χ0v) is 26.6. The lowest BCUT2D eigenvalue weighted by atomic mass is 9.66. The molecule has 0 N–H and O–H groups in total. The van der Waals surface area contributed by atoms with E-state index >= 15 is 0 Å². The highest BCUT2D eigenvalue weighted by Crippen LogP contribution is 2.62. The van der Waals surface area contributed by atoms with Crippen LogP contribution >= 0.6 is 11.3 Å². The summed E-state index contributed by atoms with van der Waals surface area (Å²) in [4.78, 5) is 2.41. The first-order chi connectivity index (χ1) is 23.8. The lowest BCUT2D eigenvalue weighted by Crippen LogP contribution is -2.32. The zero-order chi connectivity index (χ0) is 31.4. The Kier molecular flexibility index (Phi) is 5.22. The van der Waals surface area contributed by atoms with Crippen molar-refractivity contribution in [3.63, 3.8) is 0 Å². The van der Waals surface area contributed by atoms with Crippen molar-refractivity contribution in [1.82, 2.24) is 0 Å². The van der Waals surface area contributed by atoms with Gasteiger partial charge in [0.05, 0.1) is 5.41 Å². The van der Waals surface area contributed by atoms with Gasteiger partial charge >= 0.3 is 0 Å². The second kappa shape index (κ2) is 9.57. The van der Waals surface area contributed by atoms with Gasteiger partial charge in [-0.25, -0.2) is 0 Å². The van der Waals surface area contributed by atoms with Gasteiger partial charge in [-0.2, -0.15) is 0 Å². The molecule has 3 heteroatoms. The van der Waals surface area contributed by atoms with Crippen LogP contribution in [0, 0.1) is 0 Å².